The normalized spacial score (nSPS) is 15.4. The van der Waals surface area contributed by atoms with E-state index in [1.54, 1.807) is 17.0 Å². The maximum atomic E-state index is 13.2. The minimum atomic E-state index is -1.14. The fourth-order valence-electron chi connectivity index (χ4n) is 4.16. The first kappa shape index (κ1) is 21.8. The SMILES string of the molecule is O=C(Nc1ccccc1)N1CCC(O)(Cn2cnc3c(cnn3-c3ccc(F)cc3)c2=O)CC1. The van der Waals surface area contributed by atoms with Crippen molar-refractivity contribution < 1.29 is 14.3 Å². The minimum Gasteiger partial charge on any atom is -0.388 e. The smallest absolute Gasteiger partial charge is 0.321 e. The summed E-state index contributed by atoms with van der Waals surface area (Å²) in [6.07, 6.45) is 3.47. The Hall–Kier alpha value is -4.05. The monoisotopic (exact) mass is 462 g/mol. The van der Waals surface area contributed by atoms with Gasteiger partial charge in [0, 0.05) is 18.8 Å². The molecule has 4 aromatic rings. The molecule has 1 saturated heterocycles. The van der Waals surface area contributed by atoms with Crippen LogP contribution in [0.4, 0.5) is 14.9 Å². The average Bonchev–Trinajstić information content (AvgIpc) is 3.27. The molecule has 10 heteroatoms. The molecule has 3 heterocycles. The van der Waals surface area contributed by atoms with Gasteiger partial charge in [0.15, 0.2) is 5.65 Å². The number of fused-ring (bicyclic) bond motifs is 1. The van der Waals surface area contributed by atoms with E-state index in [0.717, 1.165) is 0 Å². The van der Waals surface area contributed by atoms with Crippen molar-refractivity contribution in [2.75, 3.05) is 18.4 Å². The van der Waals surface area contributed by atoms with E-state index < -0.39 is 5.60 Å². The molecule has 0 aliphatic carbocycles. The molecule has 2 amide bonds. The predicted octanol–water partition coefficient (Wildman–Crippen LogP) is 2.78. The number of rotatable bonds is 4. The third-order valence-corrected chi connectivity index (χ3v) is 6.10. The van der Waals surface area contributed by atoms with Crippen LogP contribution in [0.15, 0.2) is 71.9 Å². The molecule has 0 radical (unpaired) electrons. The zero-order valence-electron chi connectivity index (χ0n) is 18.3. The molecule has 1 fully saturated rings. The molecule has 0 bridgehead atoms. The molecule has 0 unspecified atom stereocenters. The highest BCUT2D eigenvalue weighted by Gasteiger charge is 2.35. The third kappa shape index (κ3) is 4.27. The van der Waals surface area contributed by atoms with Gasteiger partial charge in [-0.15, -0.1) is 0 Å². The number of urea groups is 1. The zero-order chi connectivity index (χ0) is 23.7. The molecule has 0 atom stereocenters. The lowest BCUT2D eigenvalue weighted by atomic mass is 9.91. The van der Waals surface area contributed by atoms with Crippen molar-refractivity contribution in [3.8, 4) is 5.69 Å². The summed E-state index contributed by atoms with van der Waals surface area (Å²) in [4.78, 5) is 31.6. The number of carbonyl (C=O) groups is 1. The Morgan fingerprint density at radius 1 is 1.09 bits per heavy atom. The van der Waals surface area contributed by atoms with Gasteiger partial charge in [-0.1, -0.05) is 18.2 Å². The van der Waals surface area contributed by atoms with Crippen LogP contribution in [0, 0.1) is 5.82 Å². The summed E-state index contributed by atoms with van der Waals surface area (Å²) < 4.78 is 16.1. The van der Waals surface area contributed by atoms with Gasteiger partial charge in [-0.2, -0.15) is 5.10 Å². The highest BCUT2D eigenvalue weighted by Crippen LogP contribution is 2.25. The number of para-hydroxylation sites is 1. The molecule has 2 aromatic carbocycles. The quantitative estimate of drug-likeness (QED) is 0.485. The Balaban J connectivity index is 1.29. The molecule has 1 aliphatic rings. The first-order chi connectivity index (χ1) is 16.4. The van der Waals surface area contributed by atoms with Crippen LogP contribution in [0.1, 0.15) is 12.8 Å². The van der Waals surface area contributed by atoms with Crippen molar-refractivity contribution in [2.45, 2.75) is 25.0 Å². The van der Waals surface area contributed by atoms with E-state index in [2.05, 4.69) is 15.4 Å². The molecule has 2 N–H and O–H groups in total. The highest BCUT2D eigenvalue weighted by atomic mass is 19.1. The largest absolute Gasteiger partial charge is 0.388 e. The van der Waals surface area contributed by atoms with Gasteiger partial charge in [-0.25, -0.2) is 18.9 Å². The van der Waals surface area contributed by atoms with Crippen molar-refractivity contribution in [1.82, 2.24) is 24.2 Å². The second kappa shape index (κ2) is 8.71. The molecule has 0 saturated carbocycles. The van der Waals surface area contributed by atoms with Crippen molar-refractivity contribution in [2.24, 2.45) is 0 Å². The van der Waals surface area contributed by atoms with Gasteiger partial charge in [0.05, 0.1) is 24.0 Å². The number of nitrogens with zero attached hydrogens (tertiary/aromatic N) is 5. The van der Waals surface area contributed by atoms with Crippen LogP contribution < -0.4 is 10.9 Å². The predicted molar refractivity (Wildman–Crippen MR) is 124 cm³/mol. The van der Waals surface area contributed by atoms with E-state index in [0.29, 0.717) is 48.3 Å². The second-order valence-corrected chi connectivity index (χ2v) is 8.46. The number of halogens is 1. The van der Waals surface area contributed by atoms with Crippen LogP contribution in [-0.2, 0) is 6.54 Å². The Kier molecular flexibility index (Phi) is 5.58. The fourth-order valence-corrected chi connectivity index (χ4v) is 4.16. The Labute approximate surface area is 194 Å². The number of nitrogens with one attached hydrogen (secondary N) is 1. The van der Waals surface area contributed by atoms with E-state index in [1.165, 1.54) is 33.9 Å². The number of hydrogen-bond acceptors (Lipinski definition) is 5. The summed E-state index contributed by atoms with van der Waals surface area (Å²) in [6.45, 7) is 0.787. The number of aromatic nitrogens is 4. The van der Waals surface area contributed by atoms with Crippen LogP contribution >= 0.6 is 0 Å². The van der Waals surface area contributed by atoms with Crippen molar-refractivity contribution in [3.63, 3.8) is 0 Å². The molecule has 1 aliphatic heterocycles. The summed E-state index contributed by atoms with van der Waals surface area (Å²) in [5.41, 5.74) is 0.180. The van der Waals surface area contributed by atoms with E-state index in [1.807, 2.05) is 30.3 Å². The standard InChI is InChI=1S/C24H23FN6O3/c25-17-6-8-19(9-7-17)31-21-20(14-27-31)22(32)30(16-26-21)15-24(34)10-12-29(13-11-24)23(33)28-18-4-2-1-3-5-18/h1-9,14,16,34H,10-13,15H2,(H,28,33). The van der Waals surface area contributed by atoms with E-state index in [4.69, 9.17) is 0 Å². The average molecular weight is 462 g/mol. The van der Waals surface area contributed by atoms with Gasteiger partial charge in [-0.3, -0.25) is 9.36 Å². The number of anilines is 1. The summed E-state index contributed by atoms with van der Waals surface area (Å²) in [6, 6.07) is 14.7. The molecule has 174 valence electrons. The highest BCUT2D eigenvalue weighted by molar-refractivity contribution is 5.89. The number of carbonyl (C=O) groups excluding carboxylic acids is 1. The third-order valence-electron chi connectivity index (χ3n) is 6.10. The molecular weight excluding hydrogens is 439 g/mol. The number of hydrogen-bond donors (Lipinski definition) is 2. The van der Waals surface area contributed by atoms with Crippen LogP contribution in [0.3, 0.4) is 0 Å². The van der Waals surface area contributed by atoms with E-state index in [9.17, 15) is 19.1 Å². The van der Waals surface area contributed by atoms with E-state index >= 15 is 0 Å². The Morgan fingerprint density at radius 2 is 1.79 bits per heavy atom. The van der Waals surface area contributed by atoms with E-state index in [-0.39, 0.29) is 24.0 Å². The topological polar surface area (TPSA) is 105 Å². The first-order valence-corrected chi connectivity index (χ1v) is 10.9. The van der Waals surface area contributed by atoms with Gasteiger partial charge in [0.2, 0.25) is 0 Å². The molecule has 9 nitrogen and oxygen atoms in total. The summed E-state index contributed by atoms with van der Waals surface area (Å²) in [5, 5.41) is 18.5. The lowest BCUT2D eigenvalue weighted by Crippen LogP contribution is -2.50. The van der Waals surface area contributed by atoms with Gasteiger partial charge in [0.25, 0.3) is 5.56 Å². The molecule has 0 spiro atoms. The maximum Gasteiger partial charge on any atom is 0.321 e. The Morgan fingerprint density at radius 3 is 2.50 bits per heavy atom. The fraction of sp³-hybridized carbons (Fsp3) is 0.250. The van der Waals surface area contributed by atoms with Crippen molar-refractivity contribution >= 4 is 22.8 Å². The number of piperidine rings is 1. The van der Waals surface area contributed by atoms with Crippen LogP contribution in [-0.4, -0.2) is 54.1 Å². The molecular formula is C24H23FN6O3. The summed E-state index contributed by atoms with van der Waals surface area (Å²) in [7, 11) is 0. The Bertz CT molecular complexity index is 1380. The number of aliphatic hydroxyl groups is 1. The lowest BCUT2D eigenvalue weighted by molar-refractivity contribution is -0.0255. The maximum absolute atomic E-state index is 13.2. The van der Waals surface area contributed by atoms with Gasteiger partial charge in [0.1, 0.15) is 17.5 Å². The molecule has 5 rings (SSSR count). The van der Waals surface area contributed by atoms with Gasteiger partial charge >= 0.3 is 6.03 Å². The molecule has 2 aromatic heterocycles. The van der Waals surface area contributed by atoms with Crippen LogP contribution in [0.25, 0.3) is 16.7 Å². The van der Waals surface area contributed by atoms with Gasteiger partial charge in [-0.05, 0) is 49.2 Å². The van der Waals surface area contributed by atoms with Crippen molar-refractivity contribution in [1.29, 1.82) is 0 Å². The number of amides is 2. The molecule has 34 heavy (non-hydrogen) atoms. The van der Waals surface area contributed by atoms with Crippen LogP contribution in [0.2, 0.25) is 0 Å². The lowest BCUT2D eigenvalue weighted by Gasteiger charge is -2.38. The second-order valence-electron chi connectivity index (χ2n) is 8.46. The first-order valence-electron chi connectivity index (χ1n) is 10.9. The number of likely N-dealkylation sites (tertiary alicyclic amines) is 1. The van der Waals surface area contributed by atoms with Gasteiger partial charge < -0.3 is 15.3 Å². The van der Waals surface area contributed by atoms with Crippen LogP contribution in [0.5, 0.6) is 0 Å². The zero-order valence-corrected chi connectivity index (χ0v) is 18.3. The minimum absolute atomic E-state index is 0.0602. The summed E-state index contributed by atoms with van der Waals surface area (Å²) in [5.74, 6) is -0.368. The number of benzene rings is 2. The van der Waals surface area contributed by atoms with Crippen molar-refractivity contribution in [3.05, 3.63) is 83.3 Å². The summed E-state index contributed by atoms with van der Waals surface area (Å²) >= 11 is 0.